The molecule has 84 valence electrons. The SMILES string of the molecule is CCC(C)C(=O)[C@@H](N)CCc1c[nH]cn1. The van der Waals surface area contributed by atoms with E-state index in [9.17, 15) is 4.79 Å². The van der Waals surface area contributed by atoms with Crippen molar-refractivity contribution in [3.8, 4) is 0 Å². The molecule has 0 radical (unpaired) electrons. The number of nitrogens with zero attached hydrogens (tertiary/aromatic N) is 1. The first-order chi connectivity index (χ1) is 7.15. The Bertz CT molecular complexity index is 295. The summed E-state index contributed by atoms with van der Waals surface area (Å²) in [6, 6.07) is -0.350. The number of hydrogen-bond donors (Lipinski definition) is 2. The largest absolute Gasteiger partial charge is 0.351 e. The van der Waals surface area contributed by atoms with Crippen LogP contribution in [0.3, 0.4) is 0 Å². The van der Waals surface area contributed by atoms with Crippen molar-refractivity contribution < 1.29 is 4.79 Å². The summed E-state index contributed by atoms with van der Waals surface area (Å²) in [5.74, 6) is 0.229. The first kappa shape index (κ1) is 11.9. The minimum Gasteiger partial charge on any atom is -0.351 e. The average Bonchev–Trinajstić information content (AvgIpc) is 2.76. The predicted molar refractivity (Wildman–Crippen MR) is 59.3 cm³/mol. The van der Waals surface area contributed by atoms with Crippen molar-refractivity contribution in [2.24, 2.45) is 11.7 Å². The first-order valence-corrected chi connectivity index (χ1v) is 5.42. The number of nitrogens with two attached hydrogens (primary N) is 1. The molecular weight excluding hydrogens is 190 g/mol. The molecule has 0 saturated heterocycles. The van der Waals surface area contributed by atoms with E-state index < -0.39 is 0 Å². The molecule has 0 bridgehead atoms. The van der Waals surface area contributed by atoms with E-state index in [1.54, 1.807) is 6.33 Å². The van der Waals surface area contributed by atoms with Crippen LogP contribution in [0.2, 0.25) is 0 Å². The van der Waals surface area contributed by atoms with Crippen molar-refractivity contribution in [2.75, 3.05) is 0 Å². The molecule has 1 aromatic heterocycles. The van der Waals surface area contributed by atoms with Crippen molar-refractivity contribution in [1.29, 1.82) is 0 Å². The molecule has 1 unspecified atom stereocenters. The summed E-state index contributed by atoms with van der Waals surface area (Å²) in [5.41, 5.74) is 6.78. The molecule has 0 amide bonds. The van der Waals surface area contributed by atoms with E-state index in [2.05, 4.69) is 9.97 Å². The van der Waals surface area contributed by atoms with Crippen LogP contribution in [0.1, 0.15) is 32.4 Å². The Morgan fingerprint density at radius 2 is 2.40 bits per heavy atom. The normalized spacial score (nSPS) is 14.9. The molecule has 0 fully saturated rings. The van der Waals surface area contributed by atoms with Crippen molar-refractivity contribution in [1.82, 2.24) is 9.97 Å². The molecule has 15 heavy (non-hydrogen) atoms. The molecule has 1 aromatic rings. The van der Waals surface area contributed by atoms with E-state index in [0.29, 0.717) is 6.42 Å². The van der Waals surface area contributed by atoms with Gasteiger partial charge < -0.3 is 10.7 Å². The minimum atomic E-state index is -0.350. The van der Waals surface area contributed by atoms with Gasteiger partial charge in [0.1, 0.15) is 0 Å². The number of ketones is 1. The lowest BCUT2D eigenvalue weighted by atomic mass is 9.95. The summed E-state index contributed by atoms with van der Waals surface area (Å²) in [5, 5.41) is 0. The zero-order valence-corrected chi connectivity index (χ0v) is 9.36. The topological polar surface area (TPSA) is 71.8 Å². The molecule has 0 aliphatic carbocycles. The fraction of sp³-hybridized carbons (Fsp3) is 0.636. The standard InChI is InChI=1S/C11H19N3O/c1-3-8(2)11(15)10(12)5-4-9-6-13-7-14-9/h6-8,10H,3-5,12H2,1-2H3,(H,13,14)/t8?,10-/m0/s1. The third-order valence-corrected chi connectivity index (χ3v) is 2.73. The summed E-state index contributed by atoms with van der Waals surface area (Å²) in [4.78, 5) is 18.7. The number of aromatic nitrogens is 2. The van der Waals surface area contributed by atoms with Gasteiger partial charge >= 0.3 is 0 Å². The van der Waals surface area contributed by atoms with Gasteiger partial charge in [-0.2, -0.15) is 0 Å². The molecule has 1 heterocycles. The van der Waals surface area contributed by atoms with Crippen molar-refractivity contribution in [3.63, 3.8) is 0 Å². The maximum Gasteiger partial charge on any atom is 0.152 e. The Kier molecular flexibility index (Phi) is 4.49. The third-order valence-electron chi connectivity index (χ3n) is 2.73. The van der Waals surface area contributed by atoms with Gasteiger partial charge in [-0.05, 0) is 19.3 Å². The van der Waals surface area contributed by atoms with Gasteiger partial charge in [-0.1, -0.05) is 13.8 Å². The van der Waals surface area contributed by atoms with Gasteiger partial charge in [0.05, 0.1) is 18.1 Å². The zero-order chi connectivity index (χ0) is 11.3. The summed E-state index contributed by atoms with van der Waals surface area (Å²) < 4.78 is 0. The van der Waals surface area contributed by atoms with E-state index in [0.717, 1.165) is 18.5 Å². The fourth-order valence-corrected chi connectivity index (χ4v) is 1.44. The van der Waals surface area contributed by atoms with Crippen LogP contribution in [0.15, 0.2) is 12.5 Å². The summed E-state index contributed by atoms with van der Waals surface area (Å²) in [6.45, 7) is 3.93. The van der Waals surface area contributed by atoms with Gasteiger partial charge in [-0.15, -0.1) is 0 Å². The van der Waals surface area contributed by atoms with Crippen LogP contribution in [0.4, 0.5) is 0 Å². The second-order valence-corrected chi connectivity index (χ2v) is 3.92. The molecule has 4 nitrogen and oxygen atoms in total. The van der Waals surface area contributed by atoms with E-state index in [1.165, 1.54) is 0 Å². The second-order valence-electron chi connectivity index (χ2n) is 3.92. The van der Waals surface area contributed by atoms with Gasteiger partial charge in [-0.3, -0.25) is 4.79 Å². The van der Waals surface area contributed by atoms with E-state index in [-0.39, 0.29) is 17.7 Å². The van der Waals surface area contributed by atoms with Crippen LogP contribution in [0.5, 0.6) is 0 Å². The van der Waals surface area contributed by atoms with Crippen LogP contribution in [0.25, 0.3) is 0 Å². The number of aromatic amines is 1. The number of aryl methyl sites for hydroxylation is 1. The third kappa shape index (κ3) is 3.47. The van der Waals surface area contributed by atoms with Crippen molar-refractivity contribution >= 4 is 5.78 Å². The van der Waals surface area contributed by atoms with Crippen molar-refractivity contribution in [3.05, 3.63) is 18.2 Å². The Hall–Kier alpha value is -1.16. The fourth-order valence-electron chi connectivity index (χ4n) is 1.44. The molecule has 0 spiro atoms. The monoisotopic (exact) mass is 209 g/mol. The number of hydrogen-bond acceptors (Lipinski definition) is 3. The number of carbonyl (C=O) groups excluding carboxylic acids is 1. The second kappa shape index (κ2) is 5.66. The van der Waals surface area contributed by atoms with Crippen LogP contribution in [-0.4, -0.2) is 21.8 Å². The lowest BCUT2D eigenvalue weighted by Crippen LogP contribution is -2.34. The number of rotatable bonds is 6. The smallest absolute Gasteiger partial charge is 0.152 e. The first-order valence-electron chi connectivity index (χ1n) is 5.42. The van der Waals surface area contributed by atoms with Gasteiger partial charge in [0.2, 0.25) is 0 Å². The lowest BCUT2D eigenvalue weighted by molar-refractivity contribution is -0.123. The molecular formula is C11H19N3O. The molecule has 0 aliphatic heterocycles. The van der Waals surface area contributed by atoms with Crippen LogP contribution in [-0.2, 0) is 11.2 Å². The number of imidazole rings is 1. The predicted octanol–water partition coefficient (Wildman–Crippen LogP) is 1.28. The quantitative estimate of drug-likeness (QED) is 0.741. The van der Waals surface area contributed by atoms with E-state index in [1.807, 2.05) is 20.0 Å². The lowest BCUT2D eigenvalue weighted by Gasteiger charge is -2.13. The zero-order valence-electron chi connectivity index (χ0n) is 9.36. The number of carbonyl (C=O) groups is 1. The molecule has 0 aliphatic rings. The molecule has 3 N–H and O–H groups in total. The minimum absolute atomic E-state index is 0.0687. The molecule has 0 saturated carbocycles. The Morgan fingerprint density at radius 3 is 2.93 bits per heavy atom. The van der Waals surface area contributed by atoms with Crippen LogP contribution in [0, 0.1) is 5.92 Å². The van der Waals surface area contributed by atoms with Crippen LogP contribution >= 0.6 is 0 Å². The Labute approximate surface area is 90.3 Å². The van der Waals surface area contributed by atoms with E-state index >= 15 is 0 Å². The van der Waals surface area contributed by atoms with Gasteiger partial charge in [0.15, 0.2) is 5.78 Å². The highest BCUT2D eigenvalue weighted by molar-refractivity contribution is 5.85. The Balaban J connectivity index is 2.35. The molecule has 4 heteroatoms. The number of H-pyrrole nitrogens is 1. The van der Waals surface area contributed by atoms with Crippen LogP contribution < -0.4 is 5.73 Å². The maximum absolute atomic E-state index is 11.7. The summed E-state index contributed by atoms with van der Waals surface area (Å²) in [7, 11) is 0. The summed E-state index contributed by atoms with van der Waals surface area (Å²) >= 11 is 0. The van der Waals surface area contributed by atoms with Gasteiger partial charge in [0.25, 0.3) is 0 Å². The highest BCUT2D eigenvalue weighted by Crippen LogP contribution is 2.08. The van der Waals surface area contributed by atoms with Gasteiger partial charge in [0, 0.05) is 12.1 Å². The molecule has 1 rings (SSSR count). The highest BCUT2D eigenvalue weighted by atomic mass is 16.1. The number of nitrogens with one attached hydrogen (secondary N) is 1. The highest BCUT2D eigenvalue weighted by Gasteiger charge is 2.18. The Morgan fingerprint density at radius 1 is 1.67 bits per heavy atom. The van der Waals surface area contributed by atoms with E-state index in [4.69, 9.17) is 5.73 Å². The number of Topliss-reactive ketones (excluding diaryl/α,β-unsaturated/α-hetero) is 1. The summed E-state index contributed by atoms with van der Waals surface area (Å²) in [6.07, 6.45) is 5.76. The molecule has 0 aromatic carbocycles. The van der Waals surface area contributed by atoms with Gasteiger partial charge in [-0.25, -0.2) is 4.98 Å². The molecule has 2 atom stereocenters. The average molecular weight is 209 g/mol. The van der Waals surface area contributed by atoms with Crippen molar-refractivity contribution in [2.45, 2.75) is 39.2 Å². The maximum atomic E-state index is 11.7.